The van der Waals surface area contributed by atoms with E-state index in [2.05, 4.69) is 10.4 Å². The highest BCUT2D eigenvalue weighted by Crippen LogP contribution is 2.34. The van der Waals surface area contributed by atoms with Crippen LogP contribution in [0.25, 0.3) is 0 Å². The number of anilines is 1. The first-order chi connectivity index (χ1) is 12.3. The lowest BCUT2D eigenvalue weighted by Gasteiger charge is -2.19. The van der Waals surface area contributed by atoms with E-state index in [1.54, 1.807) is 25.1 Å². The molecule has 1 fully saturated rings. The minimum atomic E-state index is -3.16. The summed E-state index contributed by atoms with van der Waals surface area (Å²) in [6, 6.07) is 4.43. The fraction of sp³-hybridized carbons (Fsp3) is 0.438. The summed E-state index contributed by atoms with van der Waals surface area (Å²) >= 11 is 0. The van der Waals surface area contributed by atoms with E-state index in [1.807, 2.05) is 0 Å². The van der Waals surface area contributed by atoms with E-state index in [4.69, 9.17) is 9.47 Å². The van der Waals surface area contributed by atoms with E-state index in [0.717, 1.165) is 5.01 Å². The van der Waals surface area contributed by atoms with E-state index < -0.39 is 33.6 Å². The van der Waals surface area contributed by atoms with E-state index in [9.17, 15) is 18.0 Å². The first-order valence-corrected chi connectivity index (χ1v) is 9.95. The van der Waals surface area contributed by atoms with Crippen LogP contribution in [0.15, 0.2) is 23.3 Å². The van der Waals surface area contributed by atoms with Gasteiger partial charge in [-0.05, 0) is 25.5 Å². The fourth-order valence-corrected chi connectivity index (χ4v) is 5.00. The molecule has 0 radical (unpaired) electrons. The molecular weight excluding hydrogens is 362 g/mol. The standard InChI is InChI=1S/C16H17N3O6S/c1-9-14(16(21)19(18-9)11-4-5-26(22,23)7-11)15(20)17-10-2-3-12-13(6-10)25-8-24-12/h2-3,6,11,14H,4-5,7-8H2,1H3,(H,17,20)/t11-,14-/m0/s1. The Morgan fingerprint density at radius 3 is 2.81 bits per heavy atom. The van der Waals surface area contributed by atoms with E-state index in [0.29, 0.717) is 29.3 Å². The zero-order chi connectivity index (χ0) is 18.5. The topological polar surface area (TPSA) is 114 Å². The number of hydrogen-bond donors (Lipinski definition) is 1. The van der Waals surface area contributed by atoms with Crippen LogP contribution >= 0.6 is 0 Å². The van der Waals surface area contributed by atoms with Gasteiger partial charge in [0, 0.05) is 11.8 Å². The summed E-state index contributed by atoms with van der Waals surface area (Å²) in [5, 5.41) is 7.99. The van der Waals surface area contributed by atoms with Gasteiger partial charge in [-0.3, -0.25) is 9.59 Å². The molecule has 2 atom stereocenters. The third-order valence-electron chi connectivity index (χ3n) is 4.61. The number of hydrogen-bond acceptors (Lipinski definition) is 7. The minimum absolute atomic E-state index is 0.0318. The lowest BCUT2D eigenvalue weighted by Crippen LogP contribution is -2.40. The van der Waals surface area contributed by atoms with Crippen molar-refractivity contribution in [2.24, 2.45) is 11.0 Å². The van der Waals surface area contributed by atoms with Crippen molar-refractivity contribution in [2.75, 3.05) is 23.6 Å². The van der Waals surface area contributed by atoms with Crippen molar-refractivity contribution in [2.45, 2.75) is 19.4 Å². The average molecular weight is 379 g/mol. The highest BCUT2D eigenvalue weighted by atomic mass is 32.2. The van der Waals surface area contributed by atoms with Gasteiger partial charge in [-0.2, -0.15) is 5.10 Å². The number of nitrogens with zero attached hydrogens (tertiary/aromatic N) is 2. The fourth-order valence-electron chi connectivity index (χ4n) is 3.31. The third-order valence-corrected chi connectivity index (χ3v) is 6.36. The van der Waals surface area contributed by atoms with Gasteiger partial charge in [-0.1, -0.05) is 0 Å². The number of ether oxygens (including phenoxy) is 2. The Morgan fingerprint density at radius 2 is 2.08 bits per heavy atom. The molecule has 4 rings (SSSR count). The smallest absolute Gasteiger partial charge is 0.261 e. The zero-order valence-corrected chi connectivity index (χ0v) is 14.8. The van der Waals surface area contributed by atoms with E-state index in [-0.39, 0.29) is 18.3 Å². The molecule has 1 aromatic carbocycles. The van der Waals surface area contributed by atoms with Crippen molar-refractivity contribution in [3.8, 4) is 11.5 Å². The number of nitrogens with one attached hydrogen (secondary N) is 1. The van der Waals surface area contributed by atoms with Gasteiger partial charge >= 0.3 is 0 Å². The summed E-state index contributed by atoms with van der Waals surface area (Å²) in [7, 11) is -3.16. The van der Waals surface area contributed by atoms with Crippen LogP contribution in [0, 0.1) is 5.92 Å². The second-order valence-electron chi connectivity index (χ2n) is 6.47. The lowest BCUT2D eigenvalue weighted by molar-refractivity contribution is -0.137. The van der Waals surface area contributed by atoms with Crippen LogP contribution in [0.4, 0.5) is 5.69 Å². The highest BCUT2D eigenvalue weighted by molar-refractivity contribution is 7.91. The van der Waals surface area contributed by atoms with Gasteiger partial charge in [-0.15, -0.1) is 0 Å². The monoisotopic (exact) mass is 379 g/mol. The van der Waals surface area contributed by atoms with Crippen LogP contribution in [-0.4, -0.2) is 55.3 Å². The molecule has 0 spiro atoms. The third kappa shape index (κ3) is 2.90. The Morgan fingerprint density at radius 1 is 1.31 bits per heavy atom. The molecule has 0 aliphatic carbocycles. The molecule has 3 aliphatic rings. The molecule has 3 aliphatic heterocycles. The zero-order valence-electron chi connectivity index (χ0n) is 14.0. The Balaban J connectivity index is 1.48. The molecule has 9 nitrogen and oxygen atoms in total. The van der Waals surface area contributed by atoms with Gasteiger partial charge in [0.15, 0.2) is 27.3 Å². The van der Waals surface area contributed by atoms with Gasteiger partial charge in [0.2, 0.25) is 12.7 Å². The summed E-state index contributed by atoms with van der Waals surface area (Å²) in [6.07, 6.45) is 0.335. The molecule has 0 unspecified atom stereocenters. The van der Waals surface area contributed by atoms with Crippen LogP contribution in [0.3, 0.4) is 0 Å². The van der Waals surface area contributed by atoms with Gasteiger partial charge in [0.05, 0.1) is 23.3 Å². The first kappa shape index (κ1) is 16.8. The summed E-state index contributed by atoms with van der Waals surface area (Å²) in [5.41, 5.74) is 0.819. The molecule has 0 bridgehead atoms. The molecule has 0 aromatic heterocycles. The molecular formula is C16H17N3O6S. The number of amides is 2. The van der Waals surface area contributed by atoms with Crippen molar-refractivity contribution >= 4 is 33.1 Å². The Labute approximate surface area is 149 Å². The lowest BCUT2D eigenvalue weighted by atomic mass is 10.0. The maximum absolute atomic E-state index is 12.6. The number of benzene rings is 1. The van der Waals surface area contributed by atoms with Crippen molar-refractivity contribution in [1.29, 1.82) is 0 Å². The number of carbonyl (C=O) groups is 2. The second kappa shape index (κ2) is 5.97. The molecule has 26 heavy (non-hydrogen) atoms. The Kier molecular flexibility index (Phi) is 3.87. The van der Waals surface area contributed by atoms with Crippen LogP contribution in [0.1, 0.15) is 13.3 Å². The van der Waals surface area contributed by atoms with E-state index >= 15 is 0 Å². The van der Waals surface area contributed by atoms with Crippen LogP contribution in [0.2, 0.25) is 0 Å². The normalized spacial score (nSPS) is 26.1. The van der Waals surface area contributed by atoms with Crippen molar-refractivity contribution < 1.29 is 27.5 Å². The van der Waals surface area contributed by atoms with Gasteiger partial charge < -0.3 is 14.8 Å². The first-order valence-electron chi connectivity index (χ1n) is 8.13. The number of hydrazone groups is 1. The number of rotatable bonds is 3. The van der Waals surface area contributed by atoms with Gasteiger partial charge in [0.1, 0.15) is 0 Å². The summed E-state index contributed by atoms with van der Waals surface area (Å²) in [4.78, 5) is 25.2. The predicted octanol–water partition coefficient (Wildman–Crippen LogP) is 0.375. The maximum Gasteiger partial charge on any atom is 0.261 e. The number of fused-ring (bicyclic) bond motifs is 1. The molecule has 138 valence electrons. The summed E-state index contributed by atoms with van der Waals surface area (Å²) in [6.45, 7) is 1.71. The number of carbonyl (C=O) groups excluding carboxylic acids is 2. The second-order valence-corrected chi connectivity index (χ2v) is 8.70. The molecule has 2 amide bonds. The van der Waals surface area contributed by atoms with Gasteiger partial charge in [-0.25, -0.2) is 13.4 Å². The SMILES string of the molecule is CC1=NN([C@H]2CCS(=O)(=O)C2)C(=O)[C@@H]1C(=O)Nc1ccc2c(c1)OCO2. The molecule has 1 aromatic rings. The molecule has 10 heteroatoms. The Hall–Kier alpha value is -2.62. The van der Waals surface area contributed by atoms with E-state index in [1.165, 1.54) is 0 Å². The van der Waals surface area contributed by atoms with Crippen LogP contribution in [-0.2, 0) is 19.4 Å². The highest BCUT2D eigenvalue weighted by Gasteiger charge is 2.44. The molecule has 1 N–H and O–H groups in total. The summed E-state index contributed by atoms with van der Waals surface area (Å²) in [5.74, 6) is -1.06. The maximum atomic E-state index is 12.6. The Bertz CT molecular complexity index is 926. The van der Waals surface area contributed by atoms with Gasteiger partial charge in [0.25, 0.3) is 5.91 Å². The largest absolute Gasteiger partial charge is 0.454 e. The molecule has 3 heterocycles. The predicted molar refractivity (Wildman–Crippen MR) is 91.7 cm³/mol. The van der Waals surface area contributed by atoms with Crippen molar-refractivity contribution in [3.05, 3.63) is 18.2 Å². The van der Waals surface area contributed by atoms with Crippen LogP contribution in [0.5, 0.6) is 11.5 Å². The minimum Gasteiger partial charge on any atom is -0.454 e. The number of sulfone groups is 1. The van der Waals surface area contributed by atoms with Crippen molar-refractivity contribution in [1.82, 2.24) is 5.01 Å². The quantitative estimate of drug-likeness (QED) is 0.759. The summed E-state index contributed by atoms with van der Waals surface area (Å²) < 4.78 is 33.8. The van der Waals surface area contributed by atoms with Crippen molar-refractivity contribution in [3.63, 3.8) is 0 Å². The molecule has 0 saturated carbocycles. The molecule has 1 saturated heterocycles. The average Bonchev–Trinajstić information content (AvgIpc) is 3.24. The van der Waals surface area contributed by atoms with Crippen LogP contribution < -0.4 is 14.8 Å².